The number of sulfonamides is 1. The van der Waals surface area contributed by atoms with E-state index in [4.69, 9.17) is 16.7 Å². The van der Waals surface area contributed by atoms with E-state index in [1.807, 2.05) is 6.07 Å². The Balaban J connectivity index is 1.62. The lowest BCUT2D eigenvalue weighted by Crippen LogP contribution is -2.12. The maximum absolute atomic E-state index is 11.7. The highest BCUT2D eigenvalue weighted by Crippen LogP contribution is 2.40. The van der Waals surface area contributed by atoms with E-state index in [0.29, 0.717) is 39.5 Å². The normalized spacial score (nSPS) is 14.2. The fourth-order valence-electron chi connectivity index (χ4n) is 3.26. The molecule has 0 saturated heterocycles. The number of hydrogen-bond acceptors (Lipinski definition) is 6. The second-order valence-electron chi connectivity index (χ2n) is 7.24. The molecule has 0 unspecified atom stereocenters. The molecule has 0 amide bonds. The van der Waals surface area contributed by atoms with Crippen molar-refractivity contribution in [1.82, 2.24) is 20.2 Å². The molecule has 2 aromatic heterocycles. The molecule has 4 aromatic rings. The molecule has 152 valence electrons. The number of primary sulfonamides is 1. The maximum Gasteiger partial charge on any atom is 0.238 e. The van der Waals surface area contributed by atoms with Crippen LogP contribution in [-0.4, -0.2) is 28.6 Å². The van der Waals surface area contributed by atoms with Crippen molar-refractivity contribution in [2.24, 2.45) is 5.14 Å². The quantitative estimate of drug-likeness (QED) is 0.431. The number of halogens is 1. The van der Waals surface area contributed by atoms with E-state index in [0.717, 1.165) is 23.9 Å². The Morgan fingerprint density at radius 3 is 2.70 bits per heavy atom. The number of fused-ring (bicyclic) bond motifs is 1. The van der Waals surface area contributed by atoms with Crippen molar-refractivity contribution >= 4 is 44.2 Å². The molecule has 8 nitrogen and oxygen atoms in total. The van der Waals surface area contributed by atoms with E-state index >= 15 is 0 Å². The number of aromatic nitrogens is 4. The Hall–Kier alpha value is -3.01. The number of rotatable bonds is 5. The molecule has 0 bridgehead atoms. The molecule has 0 atom stereocenters. The first kappa shape index (κ1) is 19.0. The molecule has 1 saturated carbocycles. The summed E-state index contributed by atoms with van der Waals surface area (Å²) in [7, 11) is -3.84. The molecule has 1 aliphatic carbocycles. The summed E-state index contributed by atoms with van der Waals surface area (Å²) in [6.45, 7) is 0. The average molecular weight is 441 g/mol. The van der Waals surface area contributed by atoms with Gasteiger partial charge in [-0.1, -0.05) is 23.7 Å². The van der Waals surface area contributed by atoms with Gasteiger partial charge in [-0.25, -0.2) is 23.5 Å². The first-order chi connectivity index (χ1) is 14.4. The van der Waals surface area contributed by atoms with Crippen LogP contribution in [0.5, 0.6) is 0 Å². The van der Waals surface area contributed by atoms with Crippen LogP contribution in [0.1, 0.15) is 24.5 Å². The summed E-state index contributed by atoms with van der Waals surface area (Å²) in [6.07, 6.45) is 2.33. The highest BCUT2D eigenvalue weighted by Gasteiger charge is 2.25. The van der Waals surface area contributed by atoms with Crippen molar-refractivity contribution in [1.29, 1.82) is 0 Å². The molecule has 1 aliphatic rings. The SMILES string of the molecule is NS(=O)(=O)c1cccc(-c2nc(Nc3cc(C4CC4)[nH]n3)c3cc(Cl)ccc3n2)c1. The van der Waals surface area contributed by atoms with Gasteiger partial charge in [-0.3, -0.25) is 5.10 Å². The molecule has 4 N–H and O–H groups in total. The number of aromatic amines is 1. The molecule has 2 aromatic carbocycles. The van der Waals surface area contributed by atoms with Crippen molar-refractivity contribution in [3.63, 3.8) is 0 Å². The Morgan fingerprint density at radius 2 is 1.93 bits per heavy atom. The lowest BCUT2D eigenvalue weighted by Gasteiger charge is -2.10. The smallest absolute Gasteiger partial charge is 0.238 e. The van der Waals surface area contributed by atoms with Crippen LogP contribution in [0.15, 0.2) is 53.4 Å². The molecule has 2 heterocycles. The molecule has 5 rings (SSSR count). The predicted octanol–water partition coefficient (Wildman–Crippen LogP) is 3.94. The molecule has 0 radical (unpaired) electrons. The maximum atomic E-state index is 11.7. The highest BCUT2D eigenvalue weighted by atomic mass is 35.5. The standard InChI is InChI=1S/C20H17ClN6O2S/c21-13-6-7-16-15(9-13)20(24-18-10-17(26-27-18)11-4-5-11)25-19(23-16)12-2-1-3-14(8-12)30(22,28)29/h1-3,6-11H,4-5H2,(H2,22,28,29)(H2,23,24,25,26,27). The van der Waals surface area contributed by atoms with E-state index in [1.54, 1.807) is 30.3 Å². The lowest BCUT2D eigenvalue weighted by molar-refractivity contribution is 0.598. The monoisotopic (exact) mass is 440 g/mol. The summed E-state index contributed by atoms with van der Waals surface area (Å²) in [4.78, 5) is 9.21. The minimum Gasteiger partial charge on any atom is -0.323 e. The first-order valence-electron chi connectivity index (χ1n) is 9.30. The van der Waals surface area contributed by atoms with Crippen LogP contribution >= 0.6 is 11.6 Å². The van der Waals surface area contributed by atoms with Crippen LogP contribution in [0.25, 0.3) is 22.3 Å². The second-order valence-corrected chi connectivity index (χ2v) is 9.24. The molecule has 30 heavy (non-hydrogen) atoms. The minimum absolute atomic E-state index is 0.00399. The second kappa shape index (κ2) is 7.05. The topological polar surface area (TPSA) is 127 Å². The van der Waals surface area contributed by atoms with Gasteiger partial charge >= 0.3 is 0 Å². The zero-order valence-corrected chi connectivity index (χ0v) is 17.2. The Labute approximate surface area is 177 Å². The number of anilines is 2. The average Bonchev–Trinajstić information content (AvgIpc) is 3.47. The highest BCUT2D eigenvalue weighted by molar-refractivity contribution is 7.89. The molecule has 0 spiro atoms. The molecular formula is C20H17ClN6O2S. The van der Waals surface area contributed by atoms with Crippen LogP contribution in [0.2, 0.25) is 5.02 Å². The number of hydrogen-bond donors (Lipinski definition) is 3. The van der Waals surface area contributed by atoms with Crippen LogP contribution in [0.3, 0.4) is 0 Å². The Morgan fingerprint density at radius 1 is 1.10 bits per heavy atom. The number of nitrogens with one attached hydrogen (secondary N) is 2. The Kier molecular flexibility index (Phi) is 4.46. The molecule has 10 heteroatoms. The van der Waals surface area contributed by atoms with Crippen molar-refractivity contribution in [2.75, 3.05) is 5.32 Å². The van der Waals surface area contributed by atoms with E-state index in [1.165, 1.54) is 12.1 Å². The first-order valence-corrected chi connectivity index (χ1v) is 11.2. The summed E-state index contributed by atoms with van der Waals surface area (Å²) in [6, 6.07) is 13.5. The van der Waals surface area contributed by atoms with Crippen LogP contribution < -0.4 is 10.5 Å². The third kappa shape index (κ3) is 3.74. The summed E-state index contributed by atoms with van der Waals surface area (Å²) < 4.78 is 23.5. The third-order valence-corrected chi connectivity index (χ3v) is 6.09. The van der Waals surface area contributed by atoms with Crippen LogP contribution in [-0.2, 0) is 10.0 Å². The van der Waals surface area contributed by atoms with Gasteiger partial charge in [0.2, 0.25) is 10.0 Å². The number of nitrogens with zero attached hydrogens (tertiary/aromatic N) is 3. The van der Waals surface area contributed by atoms with Gasteiger partial charge in [-0.05, 0) is 43.2 Å². The van der Waals surface area contributed by atoms with Gasteiger partial charge in [0.15, 0.2) is 11.6 Å². The van der Waals surface area contributed by atoms with Gasteiger partial charge in [-0.2, -0.15) is 5.10 Å². The third-order valence-electron chi connectivity index (χ3n) is 4.94. The molecular weight excluding hydrogens is 424 g/mol. The summed E-state index contributed by atoms with van der Waals surface area (Å²) in [5.74, 6) is 2.06. The van der Waals surface area contributed by atoms with Crippen molar-refractivity contribution in [2.45, 2.75) is 23.7 Å². The van der Waals surface area contributed by atoms with Crippen LogP contribution in [0.4, 0.5) is 11.6 Å². The lowest BCUT2D eigenvalue weighted by atomic mass is 10.2. The number of benzene rings is 2. The molecule has 1 fully saturated rings. The van der Waals surface area contributed by atoms with Crippen molar-refractivity contribution < 1.29 is 8.42 Å². The largest absolute Gasteiger partial charge is 0.323 e. The zero-order valence-electron chi connectivity index (χ0n) is 15.6. The molecule has 0 aliphatic heterocycles. The predicted molar refractivity (Wildman–Crippen MR) is 115 cm³/mol. The number of H-pyrrole nitrogens is 1. The van der Waals surface area contributed by atoms with E-state index in [2.05, 4.69) is 25.5 Å². The summed E-state index contributed by atoms with van der Waals surface area (Å²) in [5.41, 5.74) is 2.28. The zero-order chi connectivity index (χ0) is 20.9. The van der Waals surface area contributed by atoms with Gasteiger partial charge in [0.05, 0.1) is 10.4 Å². The van der Waals surface area contributed by atoms with Gasteiger partial charge in [0.1, 0.15) is 5.82 Å². The van der Waals surface area contributed by atoms with E-state index in [9.17, 15) is 8.42 Å². The van der Waals surface area contributed by atoms with Gasteiger partial charge < -0.3 is 5.32 Å². The minimum atomic E-state index is -3.84. The summed E-state index contributed by atoms with van der Waals surface area (Å²) in [5, 5.41) is 17.2. The Bertz CT molecular complexity index is 1380. The van der Waals surface area contributed by atoms with E-state index < -0.39 is 10.0 Å². The van der Waals surface area contributed by atoms with Crippen molar-refractivity contribution in [3.8, 4) is 11.4 Å². The van der Waals surface area contributed by atoms with Gasteiger partial charge in [-0.15, -0.1) is 0 Å². The fraction of sp³-hybridized carbons (Fsp3) is 0.150. The van der Waals surface area contributed by atoms with Gasteiger partial charge in [0, 0.05) is 33.7 Å². The van der Waals surface area contributed by atoms with Crippen LogP contribution in [0, 0.1) is 0 Å². The van der Waals surface area contributed by atoms with Gasteiger partial charge in [0.25, 0.3) is 0 Å². The van der Waals surface area contributed by atoms with E-state index in [-0.39, 0.29) is 4.90 Å². The fourth-order valence-corrected chi connectivity index (χ4v) is 3.99. The number of nitrogens with two attached hydrogens (primary N) is 1. The van der Waals surface area contributed by atoms with Crippen molar-refractivity contribution in [3.05, 3.63) is 59.2 Å². The summed E-state index contributed by atoms with van der Waals surface area (Å²) >= 11 is 6.19.